The van der Waals surface area contributed by atoms with Gasteiger partial charge in [-0.05, 0) is 36.5 Å². The number of primary sulfonamides is 1. The van der Waals surface area contributed by atoms with Crippen LogP contribution in [0.15, 0.2) is 30.5 Å². The zero-order valence-electron chi connectivity index (χ0n) is 15.3. The quantitative estimate of drug-likeness (QED) is 0.516. The Morgan fingerprint density at radius 2 is 2.07 bits per heavy atom. The summed E-state index contributed by atoms with van der Waals surface area (Å²) in [4.78, 5) is 16.1. The number of primary amides is 1. The smallest absolute Gasteiger partial charge is 0.248 e. The number of sulfonamides is 1. The fourth-order valence-corrected chi connectivity index (χ4v) is 3.84. The normalized spacial score (nSPS) is 14.3. The van der Waals surface area contributed by atoms with Gasteiger partial charge >= 0.3 is 0 Å². The third-order valence-electron chi connectivity index (χ3n) is 4.77. The second kappa shape index (κ2) is 7.29. The Kier molecular flexibility index (Phi) is 4.93. The van der Waals surface area contributed by atoms with E-state index in [9.17, 15) is 13.2 Å². The lowest BCUT2D eigenvalue weighted by Gasteiger charge is -2.10. The molecule has 0 saturated heterocycles. The number of hydrogen-bond acceptors (Lipinski definition) is 6. The number of nitrogens with one attached hydrogen (secondary N) is 1. The molecule has 0 radical (unpaired) electrons. The average molecular weight is 435 g/mol. The van der Waals surface area contributed by atoms with E-state index in [1.54, 1.807) is 28.9 Å². The van der Waals surface area contributed by atoms with Gasteiger partial charge in [-0.3, -0.25) is 4.79 Å². The van der Waals surface area contributed by atoms with Crippen molar-refractivity contribution in [3.05, 3.63) is 46.7 Å². The standard InChI is InChI=1S/C18H19ClN6O3S/c19-16-8-14(22-5-6-29(21,27)28)18-23-9-15(25(18)24-16)11-3-4-12(17(20)26)13(7-11)10-1-2-10/h3-4,7-10,22H,1-2,5-6H2,(H2,20,26)(H2,21,27,28). The molecule has 0 bridgehead atoms. The van der Waals surface area contributed by atoms with Gasteiger partial charge in [0.25, 0.3) is 0 Å². The summed E-state index contributed by atoms with van der Waals surface area (Å²) in [6.07, 6.45) is 3.71. The molecule has 4 rings (SSSR count). The number of anilines is 1. The van der Waals surface area contributed by atoms with Crippen LogP contribution in [0, 0.1) is 0 Å². The van der Waals surface area contributed by atoms with Crippen molar-refractivity contribution in [1.29, 1.82) is 0 Å². The van der Waals surface area contributed by atoms with E-state index < -0.39 is 15.9 Å². The molecular weight excluding hydrogens is 416 g/mol. The van der Waals surface area contributed by atoms with Crippen molar-refractivity contribution in [1.82, 2.24) is 14.6 Å². The van der Waals surface area contributed by atoms with Crippen LogP contribution in [0.25, 0.3) is 16.9 Å². The number of hydrogen-bond donors (Lipinski definition) is 3. The summed E-state index contributed by atoms with van der Waals surface area (Å²) < 4.78 is 23.9. The maximum atomic E-state index is 11.7. The average Bonchev–Trinajstić information content (AvgIpc) is 3.40. The van der Waals surface area contributed by atoms with Crippen LogP contribution in [-0.4, -0.2) is 41.2 Å². The lowest BCUT2D eigenvalue weighted by molar-refractivity contribution is 0.0999. The Bertz CT molecular complexity index is 1220. The molecule has 2 heterocycles. The Morgan fingerprint density at radius 1 is 1.31 bits per heavy atom. The predicted octanol–water partition coefficient (Wildman–Crippen LogP) is 1.73. The largest absolute Gasteiger partial charge is 0.381 e. The van der Waals surface area contributed by atoms with E-state index in [0.717, 1.165) is 24.0 Å². The third-order valence-corrected chi connectivity index (χ3v) is 5.73. The number of nitrogens with two attached hydrogens (primary N) is 2. The van der Waals surface area contributed by atoms with Gasteiger partial charge in [-0.2, -0.15) is 5.10 Å². The highest BCUT2D eigenvalue weighted by Gasteiger charge is 2.28. The summed E-state index contributed by atoms with van der Waals surface area (Å²) in [5, 5.41) is 12.6. The van der Waals surface area contributed by atoms with E-state index >= 15 is 0 Å². The monoisotopic (exact) mass is 434 g/mol. The molecule has 3 aromatic rings. The molecule has 1 amide bonds. The van der Waals surface area contributed by atoms with E-state index in [1.807, 2.05) is 6.07 Å². The fraction of sp³-hybridized carbons (Fsp3) is 0.278. The van der Waals surface area contributed by atoms with Crippen LogP contribution < -0.4 is 16.2 Å². The van der Waals surface area contributed by atoms with Crippen LogP contribution in [0.4, 0.5) is 5.69 Å². The van der Waals surface area contributed by atoms with Crippen LogP contribution in [0.5, 0.6) is 0 Å². The highest BCUT2D eigenvalue weighted by Crippen LogP contribution is 2.43. The van der Waals surface area contributed by atoms with Gasteiger partial charge in [0.2, 0.25) is 15.9 Å². The molecule has 2 aromatic heterocycles. The van der Waals surface area contributed by atoms with E-state index in [1.165, 1.54) is 0 Å². The Labute approximate surface area is 172 Å². The predicted molar refractivity (Wildman–Crippen MR) is 110 cm³/mol. The second-order valence-electron chi connectivity index (χ2n) is 6.99. The number of carbonyl (C=O) groups is 1. The number of carbonyl (C=O) groups excluding carboxylic acids is 1. The van der Waals surface area contributed by atoms with Crippen LogP contribution in [0.1, 0.15) is 34.7 Å². The van der Waals surface area contributed by atoms with Crippen LogP contribution in [0.2, 0.25) is 5.15 Å². The van der Waals surface area contributed by atoms with E-state index in [0.29, 0.717) is 28.5 Å². The molecule has 0 unspecified atom stereocenters. The minimum atomic E-state index is -3.59. The third kappa shape index (κ3) is 4.19. The first-order chi connectivity index (χ1) is 13.7. The number of aromatic nitrogens is 3. The summed E-state index contributed by atoms with van der Waals surface area (Å²) in [6, 6.07) is 7.03. The molecule has 0 spiro atoms. The Balaban J connectivity index is 1.74. The topological polar surface area (TPSA) is 145 Å². The SMILES string of the molecule is NC(=O)c1ccc(-c2cnc3c(NCCS(N)(=O)=O)cc(Cl)nn23)cc1C1CC1. The Hall–Kier alpha value is -2.69. The maximum Gasteiger partial charge on any atom is 0.248 e. The van der Waals surface area contributed by atoms with E-state index in [-0.39, 0.29) is 17.5 Å². The summed E-state index contributed by atoms with van der Waals surface area (Å²) >= 11 is 6.16. The molecule has 1 fully saturated rings. The first-order valence-electron chi connectivity index (χ1n) is 8.95. The molecule has 0 atom stereocenters. The molecule has 1 aliphatic carbocycles. The van der Waals surface area contributed by atoms with Crippen molar-refractivity contribution in [2.45, 2.75) is 18.8 Å². The lowest BCUT2D eigenvalue weighted by Crippen LogP contribution is -2.22. The number of rotatable bonds is 7. The molecule has 152 valence electrons. The van der Waals surface area contributed by atoms with Crippen molar-refractivity contribution < 1.29 is 13.2 Å². The van der Waals surface area contributed by atoms with Crippen molar-refractivity contribution in [2.24, 2.45) is 10.9 Å². The minimum absolute atomic E-state index is 0.107. The van der Waals surface area contributed by atoms with Gasteiger partial charge in [0.05, 0.1) is 23.3 Å². The van der Waals surface area contributed by atoms with Gasteiger partial charge in [0, 0.05) is 23.7 Å². The number of nitrogens with zero attached hydrogens (tertiary/aromatic N) is 3. The molecule has 11 heteroatoms. The maximum absolute atomic E-state index is 11.7. The molecule has 5 N–H and O–H groups in total. The summed E-state index contributed by atoms with van der Waals surface area (Å²) in [5.41, 5.74) is 9.52. The minimum Gasteiger partial charge on any atom is -0.381 e. The van der Waals surface area contributed by atoms with Gasteiger partial charge in [-0.1, -0.05) is 17.7 Å². The summed E-state index contributed by atoms with van der Waals surface area (Å²) in [5.74, 6) is -0.339. The van der Waals surface area contributed by atoms with Crippen molar-refractivity contribution in [3.63, 3.8) is 0 Å². The van der Waals surface area contributed by atoms with Gasteiger partial charge in [-0.25, -0.2) is 23.1 Å². The molecule has 1 aromatic carbocycles. The van der Waals surface area contributed by atoms with Crippen LogP contribution in [0.3, 0.4) is 0 Å². The Morgan fingerprint density at radius 3 is 2.72 bits per heavy atom. The zero-order chi connectivity index (χ0) is 20.8. The van der Waals surface area contributed by atoms with Crippen molar-refractivity contribution in [2.75, 3.05) is 17.6 Å². The lowest BCUT2D eigenvalue weighted by atomic mass is 9.98. The highest BCUT2D eigenvalue weighted by atomic mass is 35.5. The van der Waals surface area contributed by atoms with Crippen molar-refractivity contribution >= 4 is 38.9 Å². The molecule has 0 aliphatic heterocycles. The molecule has 29 heavy (non-hydrogen) atoms. The molecular formula is C18H19ClN6O3S. The molecule has 1 aliphatic rings. The van der Waals surface area contributed by atoms with E-state index in [2.05, 4.69) is 15.4 Å². The number of imidazole rings is 1. The first kappa shape index (κ1) is 19.6. The first-order valence-corrected chi connectivity index (χ1v) is 11.0. The number of fused-ring (bicyclic) bond motifs is 1. The van der Waals surface area contributed by atoms with Gasteiger partial charge < -0.3 is 11.1 Å². The number of amides is 1. The van der Waals surface area contributed by atoms with Crippen LogP contribution >= 0.6 is 11.6 Å². The second-order valence-corrected chi connectivity index (χ2v) is 9.12. The molecule has 9 nitrogen and oxygen atoms in total. The van der Waals surface area contributed by atoms with Gasteiger partial charge in [0.15, 0.2) is 10.8 Å². The number of halogens is 1. The van der Waals surface area contributed by atoms with Crippen molar-refractivity contribution in [3.8, 4) is 11.3 Å². The van der Waals surface area contributed by atoms with Gasteiger partial charge in [-0.15, -0.1) is 0 Å². The zero-order valence-corrected chi connectivity index (χ0v) is 16.9. The molecule has 1 saturated carbocycles. The summed E-state index contributed by atoms with van der Waals surface area (Å²) in [6.45, 7) is 0.107. The van der Waals surface area contributed by atoms with Gasteiger partial charge in [0.1, 0.15) is 0 Å². The fourth-order valence-electron chi connectivity index (χ4n) is 3.27. The summed E-state index contributed by atoms with van der Waals surface area (Å²) in [7, 11) is -3.59. The van der Waals surface area contributed by atoms with E-state index in [4.69, 9.17) is 22.5 Å². The number of benzene rings is 1. The van der Waals surface area contributed by atoms with Crippen LogP contribution in [-0.2, 0) is 10.0 Å². The highest BCUT2D eigenvalue weighted by molar-refractivity contribution is 7.89.